The van der Waals surface area contributed by atoms with Crippen molar-refractivity contribution in [2.45, 2.75) is 26.9 Å². The first-order valence-corrected chi connectivity index (χ1v) is 9.91. The lowest BCUT2D eigenvalue weighted by atomic mass is 10.1. The zero-order chi connectivity index (χ0) is 20.1. The average Bonchev–Trinajstić information content (AvgIpc) is 3.29. The summed E-state index contributed by atoms with van der Waals surface area (Å²) < 4.78 is 10.8. The van der Waals surface area contributed by atoms with Gasteiger partial charge >= 0.3 is 0 Å². The van der Waals surface area contributed by atoms with E-state index in [1.54, 1.807) is 22.3 Å². The molecule has 6 nitrogen and oxygen atoms in total. The van der Waals surface area contributed by atoms with Gasteiger partial charge in [0.25, 0.3) is 0 Å². The Labute approximate surface area is 169 Å². The maximum Gasteiger partial charge on any atom is 0.242 e. The maximum absolute atomic E-state index is 13.1. The van der Waals surface area contributed by atoms with Gasteiger partial charge in [0, 0.05) is 24.9 Å². The van der Waals surface area contributed by atoms with Gasteiger partial charge in [0.2, 0.25) is 18.6 Å². The van der Waals surface area contributed by atoms with Crippen LogP contribution in [0.25, 0.3) is 0 Å². The van der Waals surface area contributed by atoms with Crippen molar-refractivity contribution in [2.24, 2.45) is 0 Å². The van der Waals surface area contributed by atoms with Crippen LogP contribution in [-0.2, 0) is 22.7 Å². The molecule has 1 aliphatic heterocycles. The molecule has 0 radical (unpaired) electrons. The molecule has 0 atom stereocenters. The SMILES string of the molecule is C=CCN(CC(=O)N(Cc1ccc2c(c1)OCO2)Cc1sccc1C)C(C)=O. The first-order valence-electron chi connectivity index (χ1n) is 9.03. The first-order chi connectivity index (χ1) is 13.5. The van der Waals surface area contributed by atoms with Crippen LogP contribution in [0.3, 0.4) is 0 Å². The van der Waals surface area contributed by atoms with E-state index in [2.05, 4.69) is 6.58 Å². The third kappa shape index (κ3) is 4.72. The Hall–Kier alpha value is -2.80. The fourth-order valence-electron chi connectivity index (χ4n) is 2.95. The summed E-state index contributed by atoms with van der Waals surface area (Å²) in [7, 11) is 0. The number of hydrogen-bond acceptors (Lipinski definition) is 5. The summed E-state index contributed by atoms with van der Waals surface area (Å²) in [6, 6.07) is 7.73. The Bertz CT molecular complexity index is 877. The van der Waals surface area contributed by atoms with Crippen LogP contribution in [0, 0.1) is 6.92 Å². The smallest absolute Gasteiger partial charge is 0.242 e. The Morgan fingerprint density at radius 1 is 1.18 bits per heavy atom. The number of fused-ring (bicyclic) bond motifs is 1. The van der Waals surface area contributed by atoms with E-state index >= 15 is 0 Å². The third-order valence-electron chi connectivity index (χ3n) is 4.59. The van der Waals surface area contributed by atoms with Crippen molar-refractivity contribution in [1.29, 1.82) is 0 Å². The van der Waals surface area contributed by atoms with E-state index in [0.717, 1.165) is 16.0 Å². The van der Waals surface area contributed by atoms with Crippen LogP contribution < -0.4 is 9.47 Å². The minimum atomic E-state index is -0.149. The second kappa shape index (κ2) is 8.93. The molecular weight excluding hydrogens is 376 g/mol. The molecule has 28 heavy (non-hydrogen) atoms. The minimum absolute atomic E-state index is 0.0241. The molecule has 0 fully saturated rings. The monoisotopic (exact) mass is 400 g/mol. The highest BCUT2D eigenvalue weighted by atomic mass is 32.1. The summed E-state index contributed by atoms with van der Waals surface area (Å²) in [4.78, 5) is 29.3. The zero-order valence-electron chi connectivity index (χ0n) is 16.1. The van der Waals surface area contributed by atoms with Crippen LogP contribution in [-0.4, -0.2) is 41.5 Å². The maximum atomic E-state index is 13.1. The van der Waals surface area contributed by atoms with Crippen molar-refractivity contribution in [1.82, 2.24) is 9.80 Å². The van der Waals surface area contributed by atoms with Crippen LogP contribution in [0.15, 0.2) is 42.3 Å². The van der Waals surface area contributed by atoms with Crippen molar-refractivity contribution in [3.63, 3.8) is 0 Å². The molecule has 0 N–H and O–H groups in total. The number of carbonyl (C=O) groups is 2. The van der Waals surface area contributed by atoms with Crippen molar-refractivity contribution in [2.75, 3.05) is 19.9 Å². The molecule has 0 bridgehead atoms. The number of benzene rings is 1. The van der Waals surface area contributed by atoms with E-state index in [-0.39, 0.29) is 25.2 Å². The third-order valence-corrected chi connectivity index (χ3v) is 5.59. The standard InChI is InChI=1S/C21H24N2O4S/c1-4-8-22(16(3)24)13-21(25)23(12-20-15(2)7-9-28-20)11-17-5-6-18-19(10-17)27-14-26-18/h4-7,9-10H,1,8,11-14H2,2-3H3. The number of rotatable bonds is 8. The molecule has 3 rings (SSSR count). The molecule has 0 spiro atoms. The summed E-state index contributed by atoms with van der Waals surface area (Å²) in [5, 5.41) is 2.02. The van der Waals surface area contributed by atoms with Crippen LogP contribution in [0.4, 0.5) is 0 Å². The van der Waals surface area contributed by atoms with Crippen molar-refractivity contribution >= 4 is 23.2 Å². The summed E-state index contributed by atoms with van der Waals surface area (Å²) >= 11 is 1.63. The van der Waals surface area contributed by atoms with Crippen LogP contribution >= 0.6 is 11.3 Å². The molecule has 0 saturated carbocycles. The summed E-state index contributed by atoms with van der Waals surface area (Å²) in [5.41, 5.74) is 2.10. The summed E-state index contributed by atoms with van der Waals surface area (Å²) in [5.74, 6) is 1.14. The lowest BCUT2D eigenvalue weighted by Crippen LogP contribution is -2.41. The Morgan fingerprint density at radius 2 is 1.96 bits per heavy atom. The Balaban J connectivity index is 1.80. The lowest BCUT2D eigenvalue weighted by molar-refractivity contribution is -0.139. The van der Waals surface area contributed by atoms with Gasteiger partial charge in [0.05, 0.1) is 6.54 Å². The quantitative estimate of drug-likeness (QED) is 0.638. The number of carbonyl (C=O) groups excluding carboxylic acids is 2. The highest BCUT2D eigenvalue weighted by Crippen LogP contribution is 2.33. The first kappa shape index (κ1) is 19.9. The van der Waals surface area contributed by atoms with E-state index in [1.807, 2.05) is 36.6 Å². The minimum Gasteiger partial charge on any atom is -0.454 e. The van der Waals surface area contributed by atoms with Crippen molar-refractivity contribution < 1.29 is 19.1 Å². The topological polar surface area (TPSA) is 59.1 Å². The Kier molecular flexibility index (Phi) is 6.36. The van der Waals surface area contributed by atoms with E-state index in [4.69, 9.17) is 9.47 Å². The number of nitrogens with zero attached hydrogens (tertiary/aromatic N) is 2. The molecule has 2 amide bonds. The van der Waals surface area contributed by atoms with Crippen LogP contribution in [0.2, 0.25) is 0 Å². The van der Waals surface area contributed by atoms with Gasteiger partial charge in [-0.25, -0.2) is 0 Å². The van der Waals surface area contributed by atoms with Gasteiger partial charge < -0.3 is 19.3 Å². The molecule has 0 saturated heterocycles. The molecule has 1 aromatic carbocycles. The number of ether oxygens (including phenoxy) is 2. The van der Waals surface area contributed by atoms with Gasteiger partial charge in [-0.1, -0.05) is 12.1 Å². The molecule has 2 aromatic rings. The van der Waals surface area contributed by atoms with E-state index in [0.29, 0.717) is 31.1 Å². The van der Waals surface area contributed by atoms with E-state index < -0.39 is 0 Å². The van der Waals surface area contributed by atoms with E-state index in [1.165, 1.54) is 11.8 Å². The molecule has 1 aromatic heterocycles. The highest BCUT2D eigenvalue weighted by molar-refractivity contribution is 7.10. The van der Waals surface area contributed by atoms with Gasteiger partial charge in [0.15, 0.2) is 11.5 Å². The number of hydrogen-bond donors (Lipinski definition) is 0. The Morgan fingerprint density at radius 3 is 2.64 bits per heavy atom. The van der Waals surface area contributed by atoms with Crippen molar-refractivity contribution in [3.05, 3.63) is 58.3 Å². The average molecular weight is 401 g/mol. The second-order valence-electron chi connectivity index (χ2n) is 6.65. The predicted molar refractivity (Wildman–Crippen MR) is 108 cm³/mol. The molecule has 1 aliphatic rings. The van der Waals surface area contributed by atoms with Gasteiger partial charge in [-0.2, -0.15) is 0 Å². The number of thiophene rings is 1. The van der Waals surface area contributed by atoms with E-state index in [9.17, 15) is 9.59 Å². The molecule has 148 valence electrons. The number of aryl methyl sites for hydroxylation is 1. The lowest BCUT2D eigenvalue weighted by Gasteiger charge is -2.26. The molecule has 0 unspecified atom stereocenters. The van der Waals surface area contributed by atoms with Gasteiger partial charge in [-0.15, -0.1) is 17.9 Å². The zero-order valence-corrected chi connectivity index (χ0v) is 17.0. The molecule has 2 heterocycles. The summed E-state index contributed by atoms with van der Waals surface area (Å²) in [6.07, 6.45) is 1.63. The van der Waals surface area contributed by atoms with Crippen molar-refractivity contribution in [3.8, 4) is 11.5 Å². The van der Waals surface area contributed by atoms with Gasteiger partial charge in [-0.3, -0.25) is 9.59 Å². The fraction of sp³-hybridized carbons (Fsp3) is 0.333. The molecule has 7 heteroatoms. The second-order valence-corrected chi connectivity index (χ2v) is 7.65. The fourth-order valence-corrected chi connectivity index (χ4v) is 3.88. The normalized spacial score (nSPS) is 11.9. The van der Waals surface area contributed by atoms with Gasteiger partial charge in [0.1, 0.15) is 6.54 Å². The molecule has 0 aliphatic carbocycles. The predicted octanol–water partition coefficient (Wildman–Crippen LogP) is 3.35. The van der Waals surface area contributed by atoms with Gasteiger partial charge in [-0.05, 0) is 41.6 Å². The largest absolute Gasteiger partial charge is 0.454 e. The summed E-state index contributed by atoms with van der Waals surface area (Å²) in [6.45, 7) is 8.66. The number of amides is 2. The highest BCUT2D eigenvalue weighted by Gasteiger charge is 2.21. The van der Waals surface area contributed by atoms with Crippen LogP contribution in [0.5, 0.6) is 11.5 Å². The molecular formula is C21H24N2O4S. The van der Waals surface area contributed by atoms with Crippen LogP contribution in [0.1, 0.15) is 22.9 Å².